The molecular weight excluding hydrogens is 383 g/mol. The second kappa shape index (κ2) is 9.02. The fourth-order valence-electron chi connectivity index (χ4n) is 3.74. The van der Waals surface area contributed by atoms with Crippen molar-refractivity contribution in [3.63, 3.8) is 0 Å². The zero-order valence-electron chi connectivity index (χ0n) is 16.7. The van der Waals surface area contributed by atoms with Gasteiger partial charge >= 0.3 is 6.18 Å². The molecule has 1 heterocycles. The number of hydrazine groups is 1. The van der Waals surface area contributed by atoms with E-state index in [-0.39, 0.29) is 12.0 Å². The Bertz CT molecular complexity index is 829. The summed E-state index contributed by atoms with van der Waals surface area (Å²) in [6.45, 7) is 1.88. The lowest BCUT2D eigenvalue weighted by Gasteiger charge is -2.26. The van der Waals surface area contributed by atoms with Crippen LogP contribution in [0, 0.1) is 5.92 Å². The minimum atomic E-state index is -4.33. The van der Waals surface area contributed by atoms with Gasteiger partial charge in [0.05, 0.1) is 25.8 Å². The van der Waals surface area contributed by atoms with E-state index in [9.17, 15) is 13.2 Å². The van der Waals surface area contributed by atoms with Crippen LogP contribution < -0.4 is 20.3 Å². The number of rotatable bonds is 7. The summed E-state index contributed by atoms with van der Waals surface area (Å²) in [6.07, 6.45) is -4.33. The van der Waals surface area contributed by atoms with Crippen LogP contribution in [0.5, 0.6) is 11.5 Å². The van der Waals surface area contributed by atoms with E-state index in [1.165, 1.54) is 12.1 Å². The number of hydrogen-bond donors (Lipinski definition) is 2. The smallest absolute Gasteiger partial charge is 0.416 e. The summed E-state index contributed by atoms with van der Waals surface area (Å²) in [5, 5.41) is 0. The van der Waals surface area contributed by atoms with E-state index in [4.69, 9.17) is 9.47 Å². The highest BCUT2D eigenvalue weighted by molar-refractivity contribution is 5.43. The van der Waals surface area contributed by atoms with Gasteiger partial charge in [0.1, 0.15) is 11.5 Å². The molecule has 0 spiro atoms. The van der Waals surface area contributed by atoms with Crippen LogP contribution in [0.4, 0.5) is 13.2 Å². The summed E-state index contributed by atoms with van der Waals surface area (Å²) in [6, 6.07) is 11.2. The van der Waals surface area contributed by atoms with Gasteiger partial charge in [-0.15, -0.1) is 0 Å². The molecule has 1 aliphatic heterocycles. The summed E-state index contributed by atoms with van der Waals surface area (Å²) in [4.78, 5) is 2.04. The third-order valence-electron chi connectivity index (χ3n) is 5.12. The lowest BCUT2D eigenvalue weighted by Crippen LogP contribution is -2.30. The maximum absolute atomic E-state index is 12.9. The molecule has 29 heavy (non-hydrogen) atoms. The maximum Gasteiger partial charge on any atom is 0.416 e. The van der Waals surface area contributed by atoms with E-state index in [2.05, 4.69) is 10.9 Å². The number of benzene rings is 2. The van der Waals surface area contributed by atoms with Crippen molar-refractivity contribution in [1.82, 2.24) is 15.8 Å². The molecule has 1 fully saturated rings. The molecule has 2 N–H and O–H groups in total. The van der Waals surface area contributed by atoms with Crippen molar-refractivity contribution in [3.8, 4) is 11.5 Å². The zero-order valence-corrected chi connectivity index (χ0v) is 16.7. The van der Waals surface area contributed by atoms with E-state index in [0.717, 1.165) is 29.7 Å². The van der Waals surface area contributed by atoms with E-state index in [0.29, 0.717) is 18.7 Å². The molecule has 3 rings (SSSR count). The van der Waals surface area contributed by atoms with Crippen LogP contribution in [0.3, 0.4) is 0 Å². The second-order valence-corrected chi connectivity index (χ2v) is 7.27. The molecule has 2 aromatic rings. The van der Waals surface area contributed by atoms with Gasteiger partial charge in [0.15, 0.2) is 0 Å². The van der Waals surface area contributed by atoms with Crippen LogP contribution in [0.25, 0.3) is 0 Å². The monoisotopic (exact) mass is 409 g/mol. The van der Waals surface area contributed by atoms with Crippen molar-refractivity contribution in [2.75, 3.05) is 34.4 Å². The fourth-order valence-corrected chi connectivity index (χ4v) is 3.74. The Labute approximate surface area is 168 Å². The molecule has 1 saturated heterocycles. The lowest BCUT2D eigenvalue weighted by atomic mass is 9.93. The summed E-state index contributed by atoms with van der Waals surface area (Å²) in [5.41, 5.74) is 7.51. The van der Waals surface area contributed by atoms with Gasteiger partial charge in [-0.05, 0) is 24.7 Å². The molecule has 2 unspecified atom stereocenters. The summed E-state index contributed by atoms with van der Waals surface area (Å²) in [7, 11) is 5.14. The van der Waals surface area contributed by atoms with Crippen LogP contribution in [0.1, 0.15) is 22.7 Å². The molecule has 0 bridgehead atoms. The van der Waals surface area contributed by atoms with E-state index in [1.807, 2.05) is 30.1 Å². The van der Waals surface area contributed by atoms with Gasteiger partial charge in [0, 0.05) is 37.2 Å². The first-order valence-electron chi connectivity index (χ1n) is 9.37. The van der Waals surface area contributed by atoms with Crippen molar-refractivity contribution in [3.05, 3.63) is 59.2 Å². The van der Waals surface area contributed by atoms with Crippen molar-refractivity contribution in [1.29, 1.82) is 0 Å². The van der Waals surface area contributed by atoms with Gasteiger partial charge in [-0.25, -0.2) is 5.43 Å². The first-order valence-corrected chi connectivity index (χ1v) is 9.37. The fraction of sp³-hybridized carbons (Fsp3) is 0.429. The molecule has 2 atom stereocenters. The van der Waals surface area contributed by atoms with Gasteiger partial charge < -0.3 is 14.4 Å². The lowest BCUT2D eigenvalue weighted by molar-refractivity contribution is -0.137. The average Bonchev–Trinajstić information content (AvgIpc) is 3.14. The number of methoxy groups -OCH3 is 2. The predicted octanol–water partition coefficient (Wildman–Crippen LogP) is 3.62. The van der Waals surface area contributed by atoms with Crippen LogP contribution in [0.2, 0.25) is 0 Å². The summed E-state index contributed by atoms with van der Waals surface area (Å²) in [5.74, 6) is 1.67. The second-order valence-electron chi connectivity index (χ2n) is 7.27. The molecule has 0 radical (unpaired) electrons. The summed E-state index contributed by atoms with van der Waals surface area (Å²) < 4.78 is 49.6. The van der Waals surface area contributed by atoms with Crippen molar-refractivity contribution < 1.29 is 22.6 Å². The van der Waals surface area contributed by atoms with Crippen molar-refractivity contribution in [2.45, 2.75) is 18.8 Å². The number of nitrogens with zero attached hydrogens (tertiary/aromatic N) is 1. The largest absolute Gasteiger partial charge is 0.497 e. The van der Waals surface area contributed by atoms with Gasteiger partial charge in [0.2, 0.25) is 0 Å². The number of ether oxygens (including phenoxy) is 2. The summed E-state index contributed by atoms with van der Waals surface area (Å²) >= 11 is 0. The van der Waals surface area contributed by atoms with Gasteiger partial charge in [-0.2, -0.15) is 13.2 Å². The molecule has 8 heteroatoms. The number of hydrogen-bond acceptors (Lipinski definition) is 5. The van der Waals surface area contributed by atoms with E-state index in [1.54, 1.807) is 20.3 Å². The Morgan fingerprint density at radius 2 is 1.90 bits per heavy atom. The molecule has 158 valence electrons. The molecule has 0 saturated carbocycles. The number of alkyl halides is 3. The zero-order chi connectivity index (χ0) is 21.0. The Balaban J connectivity index is 1.70. The molecule has 1 aliphatic rings. The van der Waals surface area contributed by atoms with E-state index < -0.39 is 11.7 Å². The number of halogens is 3. The quantitative estimate of drug-likeness (QED) is 0.732. The minimum absolute atomic E-state index is 0.0137. The molecule has 0 aromatic heterocycles. The van der Waals surface area contributed by atoms with Gasteiger partial charge in [-0.1, -0.05) is 24.3 Å². The van der Waals surface area contributed by atoms with E-state index >= 15 is 0 Å². The first kappa shape index (κ1) is 21.4. The van der Waals surface area contributed by atoms with Crippen LogP contribution in [-0.2, 0) is 12.7 Å². The number of nitrogens with one attached hydrogen (secondary N) is 2. The van der Waals surface area contributed by atoms with Crippen LogP contribution in [-0.4, -0.2) is 39.3 Å². The minimum Gasteiger partial charge on any atom is -0.497 e. The third kappa shape index (κ3) is 5.20. The Hall–Kier alpha value is -2.29. The standard InChI is InChI=1S/C21H26F3N3O2/c1-27(12-14-5-4-6-16(9-14)21(22,23)24)13-15-11-25-26-20(15)18-8-7-17(28-2)10-19(18)29-3/h4-10,15,20,25-26H,11-13H2,1-3H3. The average molecular weight is 409 g/mol. The Morgan fingerprint density at radius 3 is 2.59 bits per heavy atom. The third-order valence-corrected chi connectivity index (χ3v) is 5.12. The van der Waals surface area contributed by atoms with Crippen molar-refractivity contribution >= 4 is 0 Å². The SMILES string of the molecule is COc1ccc(C2NNCC2CN(C)Cc2cccc(C(F)(F)F)c2)c(OC)c1. The molecular formula is C21H26F3N3O2. The highest BCUT2D eigenvalue weighted by Crippen LogP contribution is 2.35. The Morgan fingerprint density at radius 1 is 1.10 bits per heavy atom. The molecule has 0 amide bonds. The highest BCUT2D eigenvalue weighted by atomic mass is 19.4. The van der Waals surface area contributed by atoms with Crippen LogP contribution in [0.15, 0.2) is 42.5 Å². The normalized spacial score (nSPS) is 19.6. The molecule has 0 aliphatic carbocycles. The van der Waals surface area contributed by atoms with Crippen molar-refractivity contribution in [2.24, 2.45) is 5.92 Å². The van der Waals surface area contributed by atoms with Gasteiger partial charge in [0.25, 0.3) is 0 Å². The predicted molar refractivity (Wildman–Crippen MR) is 105 cm³/mol. The Kier molecular flexibility index (Phi) is 6.66. The van der Waals surface area contributed by atoms with Gasteiger partial charge in [-0.3, -0.25) is 5.43 Å². The first-order chi connectivity index (χ1) is 13.8. The topological polar surface area (TPSA) is 45.8 Å². The molecule has 5 nitrogen and oxygen atoms in total. The maximum atomic E-state index is 12.9. The van der Waals surface area contributed by atoms with Crippen LogP contribution >= 0.6 is 0 Å². The molecule has 2 aromatic carbocycles. The highest BCUT2D eigenvalue weighted by Gasteiger charge is 2.32.